The van der Waals surface area contributed by atoms with E-state index in [1.807, 2.05) is 0 Å². The van der Waals surface area contributed by atoms with Gasteiger partial charge in [0.05, 0.1) is 5.56 Å². The van der Waals surface area contributed by atoms with Crippen LogP contribution < -0.4 is 16.0 Å². The predicted octanol–water partition coefficient (Wildman–Crippen LogP) is 3.28. The van der Waals surface area contributed by atoms with Crippen molar-refractivity contribution in [3.63, 3.8) is 0 Å². The summed E-state index contributed by atoms with van der Waals surface area (Å²) < 4.78 is 39.8. The number of likely N-dealkylation sites (N-methyl/N-ethyl adjacent to an activating group) is 1. The van der Waals surface area contributed by atoms with Crippen molar-refractivity contribution in [1.29, 1.82) is 0 Å². The molecule has 6 atom stereocenters. The summed E-state index contributed by atoms with van der Waals surface area (Å²) in [4.78, 5) is 117. The Bertz CT molecular complexity index is 2250. The molecule has 66 heavy (non-hydrogen) atoms. The minimum absolute atomic E-state index is 0.00226. The van der Waals surface area contributed by atoms with E-state index in [0.717, 1.165) is 49.1 Å². The number of nitrogens with zero attached hydrogens (tertiary/aromatic N) is 6. The van der Waals surface area contributed by atoms with E-state index >= 15 is 0 Å². The third-order valence-electron chi connectivity index (χ3n) is 12.3. The molecule has 0 unspecified atom stereocenters. The topological polar surface area (TPSA) is 250 Å². The molecule has 21 heteroatoms. The molecule has 2 aromatic rings. The Morgan fingerprint density at radius 3 is 2.23 bits per heavy atom. The van der Waals surface area contributed by atoms with E-state index in [-0.39, 0.29) is 48.7 Å². The highest BCUT2D eigenvalue weighted by Gasteiger charge is 2.44. The number of esters is 2. The number of nitrogens with one attached hydrogen (secondary N) is 3. The zero-order valence-corrected chi connectivity index (χ0v) is 36.7. The average molecular weight is 918 g/mol. The number of hydrogen-bond donors (Lipinski definition) is 3. The molecule has 19 nitrogen and oxygen atoms in total. The Morgan fingerprint density at radius 2 is 1.56 bits per heavy atom. The number of carbonyl (C=O) groups excluding carboxylic acids is 8. The zero-order valence-electron chi connectivity index (χ0n) is 36.7. The van der Waals surface area contributed by atoms with Crippen LogP contribution in [0.4, 0.5) is 14.5 Å². The summed E-state index contributed by atoms with van der Waals surface area (Å²) in [6.07, 6.45) is 8.48. The van der Waals surface area contributed by atoms with E-state index in [2.05, 4.69) is 26.0 Å². The highest BCUT2D eigenvalue weighted by atomic mass is 19.1. The number of ether oxygens (including phenoxy) is 2. The van der Waals surface area contributed by atoms with Crippen LogP contribution in [0.1, 0.15) is 80.6 Å². The number of cyclic esters (lactones) is 1. The normalized spacial score (nSPS) is 23.9. The van der Waals surface area contributed by atoms with Crippen LogP contribution in [0.5, 0.6) is 0 Å². The van der Waals surface area contributed by atoms with Gasteiger partial charge in [-0.2, -0.15) is 0 Å². The molecule has 1 aliphatic carbocycles. The lowest BCUT2D eigenvalue weighted by atomic mass is 9.89. The van der Waals surface area contributed by atoms with Gasteiger partial charge in [-0.15, -0.1) is 0 Å². The standard InChI is InChI=1S/C45H53F2N9O10/c1-26-41(60)56-19-7-11-36(56)45(64)65-24-34(51-39(58)33(22-28-20-30(46)23-31(47)21-28)50-38(57)17-12-27-8-4-3-5-9-27)42(61)55-18-6-10-35(55)43(62)54(2)37(40(59)49-26)25-66-44(63)29-13-15-32(16-14-29)52-53-48/h12-17,20-21,23,26-27,33-37H,3-11,18-19,22,24-25H2,1-2H3,(H,49,59)(H,50,57)(H,51,58)/b17-12+/t26-,33-,34-,35-,36-,37-/m0/s1. The van der Waals surface area contributed by atoms with Crippen molar-refractivity contribution < 1.29 is 56.6 Å². The first-order valence-corrected chi connectivity index (χ1v) is 22.0. The maximum Gasteiger partial charge on any atom is 0.338 e. The fourth-order valence-electron chi connectivity index (χ4n) is 8.74. The Labute approximate surface area is 379 Å². The van der Waals surface area contributed by atoms with E-state index in [1.54, 1.807) is 6.08 Å². The van der Waals surface area contributed by atoms with Gasteiger partial charge in [-0.1, -0.05) is 42.6 Å². The predicted molar refractivity (Wildman–Crippen MR) is 230 cm³/mol. The fourth-order valence-corrected chi connectivity index (χ4v) is 8.74. The van der Waals surface area contributed by atoms with Gasteiger partial charge in [0.15, 0.2) is 0 Å². The minimum Gasteiger partial charge on any atom is -0.461 e. The second-order valence-corrected chi connectivity index (χ2v) is 16.9. The number of carbonyl (C=O) groups is 8. The Balaban J connectivity index is 1.29. The molecular weight excluding hydrogens is 865 g/mol. The Kier molecular flexibility index (Phi) is 16.4. The average Bonchev–Trinajstić information content (AvgIpc) is 4.00. The molecule has 4 fully saturated rings. The highest BCUT2D eigenvalue weighted by molar-refractivity contribution is 5.98. The molecule has 3 saturated heterocycles. The van der Waals surface area contributed by atoms with Crippen molar-refractivity contribution in [1.82, 2.24) is 30.7 Å². The quantitative estimate of drug-likeness (QED) is 0.0976. The molecule has 6 amide bonds. The number of amides is 6. The molecule has 2 aromatic carbocycles. The van der Waals surface area contributed by atoms with Crippen LogP contribution in [0.3, 0.4) is 0 Å². The molecule has 6 rings (SSSR count). The summed E-state index contributed by atoms with van der Waals surface area (Å²) >= 11 is 0. The number of rotatable bonds is 11. The van der Waals surface area contributed by atoms with E-state index in [0.29, 0.717) is 18.9 Å². The summed E-state index contributed by atoms with van der Waals surface area (Å²) in [7, 11) is 1.27. The molecule has 3 aliphatic heterocycles. The molecule has 352 valence electrons. The molecule has 0 radical (unpaired) electrons. The van der Waals surface area contributed by atoms with E-state index in [4.69, 9.17) is 15.0 Å². The Hall–Kier alpha value is -6.89. The first kappa shape index (κ1) is 48.6. The van der Waals surface area contributed by atoms with Gasteiger partial charge in [0.25, 0.3) is 0 Å². The third kappa shape index (κ3) is 12.3. The van der Waals surface area contributed by atoms with E-state index in [1.165, 1.54) is 54.1 Å². The summed E-state index contributed by atoms with van der Waals surface area (Å²) in [5.41, 5.74) is 8.99. The van der Waals surface area contributed by atoms with Gasteiger partial charge in [0.2, 0.25) is 35.4 Å². The van der Waals surface area contributed by atoms with Crippen molar-refractivity contribution in [2.75, 3.05) is 33.4 Å². The van der Waals surface area contributed by atoms with Gasteiger partial charge in [0, 0.05) is 43.2 Å². The van der Waals surface area contributed by atoms with Gasteiger partial charge >= 0.3 is 11.9 Å². The third-order valence-corrected chi connectivity index (χ3v) is 12.3. The SMILES string of the molecule is C[C@@H]1NC(=O)[C@H](COC(=O)c2ccc(N=[N+]=[N-])cc2)N(C)C(=O)[C@@H]2CCCN2C(=O)[C@@H](NC(=O)[C@H](Cc2cc(F)cc(F)c2)NC(=O)/C=C/C2CCCCC2)COC(=O)[C@@H]2CCCN2C1=O. The lowest BCUT2D eigenvalue weighted by Crippen LogP contribution is -2.61. The molecule has 1 saturated carbocycles. The number of hydrogen-bond acceptors (Lipinski definition) is 11. The molecule has 0 aromatic heterocycles. The van der Waals surface area contributed by atoms with E-state index in [9.17, 15) is 47.1 Å². The van der Waals surface area contributed by atoms with Gasteiger partial charge in [-0.05, 0) is 92.8 Å². The van der Waals surface area contributed by atoms with Gasteiger partial charge in [-0.25, -0.2) is 18.4 Å². The van der Waals surface area contributed by atoms with Gasteiger partial charge < -0.3 is 40.1 Å². The first-order chi connectivity index (χ1) is 31.6. The van der Waals surface area contributed by atoms with Crippen LogP contribution in [0.2, 0.25) is 0 Å². The maximum atomic E-state index is 14.6. The van der Waals surface area contributed by atoms with Crippen LogP contribution in [0.15, 0.2) is 59.7 Å². The van der Waals surface area contributed by atoms with E-state index < -0.39 is 115 Å². The lowest BCUT2D eigenvalue weighted by Gasteiger charge is -2.35. The number of benzene rings is 2. The Morgan fingerprint density at radius 1 is 0.909 bits per heavy atom. The largest absolute Gasteiger partial charge is 0.461 e. The van der Waals surface area contributed by atoms with Crippen molar-refractivity contribution in [3.05, 3.63) is 87.8 Å². The molecule has 3 N–H and O–H groups in total. The number of allylic oxidation sites excluding steroid dienone is 1. The second-order valence-electron chi connectivity index (χ2n) is 16.9. The number of halogens is 2. The van der Waals surface area contributed by atoms with Crippen LogP contribution in [0.25, 0.3) is 10.4 Å². The summed E-state index contributed by atoms with van der Waals surface area (Å²) in [6, 6.07) is -0.251. The smallest absolute Gasteiger partial charge is 0.338 e. The minimum atomic E-state index is -1.68. The van der Waals surface area contributed by atoms with Crippen LogP contribution in [-0.4, -0.2) is 132 Å². The molecule has 3 heterocycles. The summed E-state index contributed by atoms with van der Waals surface area (Å²) in [5.74, 6) is -8.30. The van der Waals surface area contributed by atoms with Crippen molar-refractivity contribution in [3.8, 4) is 0 Å². The first-order valence-electron chi connectivity index (χ1n) is 22.0. The van der Waals surface area contributed by atoms with Crippen molar-refractivity contribution in [2.45, 2.75) is 107 Å². The van der Waals surface area contributed by atoms with Gasteiger partial charge in [-0.3, -0.25) is 28.8 Å². The summed E-state index contributed by atoms with van der Waals surface area (Å²) in [5, 5.41) is 11.2. The lowest BCUT2D eigenvalue weighted by molar-refractivity contribution is -0.158. The number of azide groups is 1. The molecule has 4 aliphatic rings. The zero-order chi connectivity index (χ0) is 47.5. The highest BCUT2D eigenvalue weighted by Crippen LogP contribution is 2.26. The molecule has 0 spiro atoms. The molecule has 0 bridgehead atoms. The van der Waals surface area contributed by atoms with Crippen molar-refractivity contribution in [2.24, 2.45) is 11.0 Å². The van der Waals surface area contributed by atoms with Gasteiger partial charge in [0.1, 0.15) is 61.1 Å². The fraction of sp³-hybridized carbons (Fsp3) is 0.511. The van der Waals surface area contributed by atoms with Crippen LogP contribution >= 0.6 is 0 Å². The number of fused-ring (bicyclic) bond motifs is 2. The van der Waals surface area contributed by atoms with Crippen molar-refractivity contribution >= 4 is 53.1 Å². The van der Waals surface area contributed by atoms with Crippen LogP contribution in [0, 0.1) is 17.6 Å². The second kappa shape index (κ2) is 22.3. The molecular formula is C45H53F2N9O10. The maximum absolute atomic E-state index is 14.6. The van der Waals surface area contributed by atoms with Crippen LogP contribution in [-0.2, 0) is 49.5 Å². The summed E-state index contributed by atoms with van der Waals surface area (Å²) in [6.45, 7) is 0.0471. The monoisotopic (exact) mass is 917 g/mol.